The van der Waals surface area contributed by atoms with Gasteiger partial charge in [-0.25, -0.2) is 19.3 Å². The fourth-order valence-corrected chi connectivity index (χ4v) is 3.34. The highest BCUT2D eigenvalue weighted by Crippen LogP contribution is 2.33. The number of benzene rings is 2. The predicted octanol–water partition coefficient (Wildman–Crippen LogP) is 4.30. The number of hydrogen-bond acceptors (Lipinski definition) is 8. The second-order valence-electron chi connectivity index (χ2n) is 5.59. The van der Waals surface area contributed by atoms with Crippen molar-refractivity contribution in [3.63, 3.8) is 0 Å². The Morgan fingerprint density at radius 2 is 1.78 bits per heavy atom. The molecule has 4 rings (SSSR count). The molecule has 0 saturated heterocycles. The molecule has 2 heterocycles. The van der Waals surface area contributed by atoms with E-state index in [1.807, 2.05) is 18.2 Å². The van der Waals surface area contributed by atoms with Gasteiger partial charge in [0.15, 0.2) is 16.8 Å². The van der Waals surface area contributed by atoms with Gasteiger partial charge in [-0.05, 0) is 42.5 Å². The topological polar surface area (TPSA) is 98.0 Å². The molecule has 2 aromatic heterocycles. The van der Waals surface area contributed by atoms with E-state index < -0.39 is 0 Å². The third-order valence-electron chi connectivity index (χ3n) is 3.81. The minimum atomic E-state index is -0.314. The van der Waals surface area contributed by atoms with Crippen LogP contribution in [0.15, 0.2) is 48.8 Å². The van der Waals surface area contributed by atoms with E-state index in [0.717, 1.165) is 16.0 Å². The summed E-state index contributed by atoms with van der Waals surface area (Å²) in [7, 11) is 1.62. The molecular formula is C18H15FN6OS. The summed E-state index contributed by atoms with van der Waals surface area (Å²) in [5.74, 6) is 1.30. The minimum Gasteiger partial charge on any atom is -0.497 e. The van der Waals surface area contributed by atoms with Crippen LogP contribution >= 0.6 is 11.3 Å². The molecule has 4 N–H and O–H groups in total. The fraction of sp³-hybridized carbons (Fsp3) is 0.0556. The van der Waals surface area contributed by atoms with Crippen molar-refractivity contribution in [1.29, 1.82) is 0 Å². The number of fused-ring (bicyclic) bond motifs is 1. The smallest absolute Gasteiger partial charge is 0.189 e. The first-order valence-electron chi connectivity index (χ1n) is 7.97. The first kappa shape index (κ1) is 17.0. The highest BCUT2D eigenvalue weighted by Gasteiger charge is 2.12. The zero-order valence-corrected chi connectivity index (χ0v) is 15.0. The SMILES string of the molecule is COc1ccc2nc(Nc3ncnc(Nc4ccc(F)cc4)c3N)sc2c1. The third-order valence-corrected chi connectivity index (χ3v) is 4.75. The number of methoxy groups -OCH3 is 1. The maximum atomic E-state index is 13.0. The lowest BCUT2D eigenvalue weighted by atomic mass is 10.3. The molecule has 4 aromatic rings. The van der Waals surface area contributed by atoms with Gasteiger partial charge in [0.2, 0.25) is 0 Å². The molecule has 0 aliphatic carbocycles. The van der Waals surface area contributed by atoms with Gasteiger partial charge in [-0.3, -0.25) is 0 Å². The van der Waals surface area contributed by atoms with E-state index in [-0.39, 0.29) is 5.82 Å². The van der Waals surface area contributed by atoms with E-state index in [1.54, 1.807) is 19.2 Å². The summed E-state index contributed by atoms with van der Waals surface area (Å²) in [4.78, 5) is 12.9. The molecule has 0 amide bonds. The molecule has 136 valence electrons. The Morgan fingerprint density at radius 3 is 2.52 bits per heavy atom. The number of halogens is 1. The Labute approximate surface area is 158 Å². The summed E-state index contributed by atoms with van der Waals surface area (Å²) < 4.78 is 19.3. The van der Waals surface area contributed by atoms with Crippen LogP contribution in [0.1, 0.15) is 0 Å². The van der Waals surface area contributed by atoms with E-state index in [4.69, 9.17) is 10.5 Å². The van der Waals surface area contributed by atoms with Gasteiger partial charge in [0.1, 0.15) is 23.6 Å². The highest BCUT2D eigenvalue weighted by atomic mass is 32.1. The summed E-state index contributed by atoms with van der Waals surface area (Å²) in [5, 5.41) is 6.83. The first-order chi connectivity index (χ1) is 13.1. The summed E-state index contributed by atoms with van der Waals surface area (Å²) in [6.45, 7) is 0. The summed E-state index contributed by atoms with van der Waals surface area (Å²) in [5.41, 5.74) is 8.03. The Bertz CT molecular complexity index is 1100. The molecule has 0 fully saturated rings. The number of rotatable bonds is 5. The standard InChI is InChI=1S/C18H15FN6OS/c1-26-12-6-7-13-14(8-12)27-18(24-13)25-17-15(20)16(21-9-22-17)23-11-4-2-10(19)3-5-11/h2-9H,20H2,1H3,(H2,21,22,23,24,25). The van der Waals surface area contributed by atoms with Gasteiger partial charge in [0.05, 0.1) is 17.3 Å². The number of ether oxygens (including phenoxy) is 1. The molecule has 0 spiro atoms. The maximum Gasteiger partial charge on any atom is 0.189 e. The fourth-order valence-electron chi connectivity index (χ4n) is 2.45. The second kappa shape index (κ2) is 7.04. The van der Waals surface area contributed by atoms with Crippen molar-refractivity contribution < 1.29 is 9.13 Å². The highest BCUT2D eigenvalue weighted by molar-refractivity contribution is 7.22. The molecular weight excluding hydrogens is 367 g/mol. The summed E-state index contributed by atoms with van der Waals surface area (Å²) in [6, 6.07) is 11.6. The lowest BCUT2D eigenvalue weighted by Crippen LogP contribution is -2.05. The summed E-state index contributed by atoms with van der Waals surface area (Å²) >= 11 is 1.46. The average Bonchev–Trinajstić information content (AvgIpc) is 3.08. The molecule has 27 heavy (non-hydrogen) atoms. The number of anilines is 5. The van der Waals surface area contributed by atoms with Crippen LogP contribution in [-0.4, -0.2) is 22.1 Å². The Hall–Kier alpha value is -3.46. The Kier molecular flexibility index (Phi) is 4.43. The molecule has 0 atom stereocenters. The van der Waals surface area contributed by atoms with Crippen molar-refractivity contribution in [3.05, 3.63) is 54.6 Å². The van der Waals surface area contributed by atoms with Crippen molar-refractivity contribution in [2.45, 2.75) is 0 Å². The van der Waals surface area contributed by atoms with Crippen LogP contribution in [0.5, 0.6) is 5.75 Å². The minimum absolute atomic E-state index is 0.314. The zero-order valence-electron chi connectivity index (χ0n) is 14.2. The zero-order chi connectivity index (χ0) is 18.8. The first-order valence-corrected chi connectivity index (χ1v) is 8.79. The Balaban J connectivity index is 1.59. The molecule has 7 nitrogen and oxygen atoms in total. The van der Waals surface area contributed by atoms with Crippen LogP contribution in [0, 0.1) is 5.82 Å². The monoisotopic (exact) mass is 382 g/mol. The van der Waals surface area contributed by atoms with Crippen LogP contribution < -0.4 is 21.1 Å². The van der Waals surface area contributed by atoms with Gasteiger partial charge >= 0.3 is 0 Å². The Morgan fingerprint density at radius 1 is 1.04 bits per heavy atom. The normalized spacial score (nSPS) is 10.7. The largest absolute Gasteiger partial charge is 0.497 e. The van der Waals surface area contributed by atoms with Gasteiger partial charge in [-0.1, -0.05) is 11.3 Å². The number of nitrogens with two attached hydrogens (primary N) is 1. The maximum absolute atomic E-state index is 13.0. The van der Waals surface area contributed by atoms with Crippen LogP contribution in [0.2, 0.25) is 0 Å². The number of nitrogens with zero attached hydrogens (tertiary/aromatic N) is 3. The van der Waals surface area contributed by atoms with Gasteiger partial charge in [-0.2, -0.15) is 0 Å². The van der Waals surface area contributed by atoms with Crippen LogP contribution in [0.25, 0.3) is 10.2 Å². The van der Waals surface area contributed by atoms with Gasteiger partial charge in [0, 0.05) is 5.69 Å². The summed E-state index contributed by atoms with van der Waals surface area (Å²) in [6.07, 6.45) is 1.39. The molecule has 0 radical (unpaired) electrons. The lowest BCUT2D eigenvalue weighted by molar-refractivity contribution is 0.415. The molecule has 0 aliphatic rings. The molecule has 0 unspecified atom stereocenters. The average molecular weight is 382 g/mol. The van der Waals surface area contributed by atoms with Crippen LogP contribution in [0.3, 0.4) is 0 Å². The van der Waals surface area contributed by atoms with E-state index in [2.05, 4.69) is 25.6 Å². The van der Waals surface area contributed by atoms with Crippen molar-refractivity contribution >= 4 is 49.7 Å². The van der Waals surface area contributed by atoms with Gasteiger partial charge in [0.25, 0.3) is 0 Å². The second-order valence-corrected chi connectivity index (χ2v) is 6.62. The predicted molar refractivity (Wildman–Crippen MR) is 106 cm³/mol. The van der Waals surface area contributed by atoms with Crippen molar-refractivity contribution in [3.8, 4) is 5.75 Å². The lowest BCUT2D eigenvalue weighted by Gasteiger charge is -2.11. The van der Waals surface area contributed by atoms with Crippen molar-refractivity contribution in [2.75, 3.05) is 23.5 Å². The molecule has 0 saturated carbocycles. The number of aromatic nitrogens is 3. The van der Waals surface area contributed by atoms with Crippen molar-refractivity contribution in [2.24, 2.45) is 0 Å². The van der Waals surface area contributed by atoms with E-state index in [9.17, 15) is 4.39 Å². The molecule has 9 heteroatoms. The number of hydrogen-bond donors (Lipinski definition) is 3. The molecule has 2 aromatic carbocycles. The number of thiazole rings is 1. The molecule has 0 aliphatic heterocycles. The van der Waals surface area contributed by atoms with Crippen LogP contribution in [0.4, 0.5) is 32.5 Å². The van der Waals surface area contributed by atoms with E-state index in [1.165, 1.54) is 29.8 Å². The van der Waals surface area contributed by atoms with E-state index in [0.29, 0.717) is 28.1 Å². The van der Waals surface area contributed by atoms with Gasteiger partial charge in [-0.15, -0.1) is 0 Å². The van der Waals surface area contributed by atoms with Crippen LogP contribution in [-0.2, 0) is 0 Å². The van der Waals surface area contributed by atoms with Gasteiger partial charge < -0.3 is 21.1 Å². The number of nitrogens with one attached hydrogen (secondary N) is 2. The third kappa shape index (κ3) is 3.58. The quantitative estimate of drug-likeness (QED) is 0.473. The molecule has 0 bridgehead atoms. The van der Waals surface area contributed by atoms with E-state index >= 15 is 0 Å². The van der Waals surface area contributed by atoms with Crippen molar-refractivity contribution in [1.82, 2.24) is 15.0 Å². The number of nitrogen functional groups attached to an aromatic ring is 1.